The molecule has 0 unspecified atom stereocenters. The van der Waals surface area contributed by atoms with Crippen LogP contribution >= 0.6 is 0 Å². The molecule has 0 radical (unpaired) electrons. The van der Waals surface area contributed by atoms with Gasteiger partial charge in [0, 0.05) is 17.7 Å². The van der Waals surface area contributed by atoms with Gasteiger partial charge < -0.3 is 113 Å². The molecule has 1 aromatic heterocycles. The largest absolute Gasteiger partial charge is 0.504 e. The van der Waals surface area contributed by atoms with Crippen molar-refractivity contribution in [3.8, 4) is 57.3 Å². The topological polar surface area (TPSA) is 382 Å². The molecule has 0 amide bonds. The summed E-state index contributed by atoms with van der Waals surface area (Å²) in [5, 5.41) is 127. The molecule has 0 saturated carbocycles. The Morgan fingerprint density at radius 3 is 1.96 bits per heavy atom. The summed E-state index contributed by atoms with van der Waals surface area (Å²) in [7, 11) is 3.62. The Morgan fingerprint density at radius 1 is 0.681 bits per heavy atom. The number of ether oxygens (including phenoxy) is 10. The molecule has 0 bridgehead atoms. The summed E-state index contributed by atoms with van der Waals surface area (Å²) in [5.41, 5.74) is -1.27. The first-order valence-corrected chi connectivity index (χ1v) is 20.9. The Bertz CT molecular complexity index is 2540. The van der Waals surface area contributed by atoms with Crippen LogP contribution in [0.25, 0.3) is 28.4 Å². The molecule has 3 aliphatic rings. The van der Waals surface area contributed by atoms with Crippen LogP contribution in [0.5, 0.6) is 46.0 Å². The van der Waals surface area contributed by atoms with Crippen LogP contribution < -0.4 is 24.4 Å². The van der Waals surface area contributed by atoms with E-state index in [1.165, 1.54) is 56.7 Å². The fourth-order valence-electron chi connectivity index (χ4n) is 7.81. The van der Waals surface area contributed by atoms with E-state index in [1.54, 1.807) is 0 Å². The summed E-state index contributed by atoms with van der Waals surface area (Å²) in [6.07, 6.45) is -24.7. The maximum absolute atomic E-state index is 14.5. The number of aliphatic hydroxyl groups is 8. The number of aliphatic hydroxyl groups excluding tert-OH is 8. The van der Waals surface area contributed by atoms with Gasteiger partial charge in [0.15, 0.2) is 65.0 Å². The van der Waals surface area contributed by atoms with Gasteiger partial charge in [-0.05, 0) is 42.0 Å². The van der Waals surface area contributed by atoms with Crippen molar-refractivity contribution in [1.29, 1.82) is 0 Å². The molecule has 4 aromatic rings. The second-order valence-electron chi connectivity index (χ2n) is 15.8. The molecule has 3 fully saturated rings. The summed E-state index contributed by atoms with van der Waals surface area (Å²) >= 11 is 0. The van der Waals surface area contributed by atoms with Crippen molar-refractivity contribution >= 4 is 23.0 Å². The van der Waals surface area contributed by atoms with Gasteiger partial charge in [-0.15, -0.1) is 0 Å². The Hall–Kier alpha value is -6.04. The third-order valence-corrected chi connectivity index (χ3v) is 11.5. The lowest BCUT2D eigenvalue weighted by Gasteiger charge is -2.47. The van der Waals surface area contributed by atoms with Crippen LogP contribution in [0.3, 0.4) is 0 Å². The van der Waals surface area contributed by atoms with Crippen molar-refractivity contribution in [3.63, 3.8) is 0 Å². The predicted molar refractivity (Wildman–Crippen MR) is 227 cm³/mol. The fourth-order valence-corrected chi connectivity index (χ4v) is 7.81. The summed E-state index contributed by atoms with van der Waals surface area (Å²) in [6, 6.07) is 8.70. The van der Waals surface area contributed by atoms with E-state index in [4.69, 9.17) is 51.8 Å². The first-order valence-electron chi connectivity index (χ1n) is 20.9. The van der Waals surface area contributed by atoms with Crippen LogP contribution in [0.4, 0.5) is 0 Å². The summed E-state index contributed by atoms with van der Waals surface area (Å²) in [5.74, 6) is -5.14. The van der Waals surface area contributed by atoms with Crippen molar-refractivity contribution in [1.82, 2.24) is 0 Å². The molecule has 0 spiro atoms. The van der Waals surface area contributed by atoms with Crippen LogP contribution in [-0.4, -0.2) is 194 Å². The number of carbonyl (C=O) groups excluding carboxylic acids is 1. The number of carbonyl (C=O) groups is 1. The third-order valence-electron chi connectivity index (χ3n) is 11.5. The number of phenols is 4. The smallest absolute Gasteiger partial charge is 0.331 e. The number of methoxy groups -OCH3 is 3. The molecule has 12 N–H and O–H groups in total. The fraction of sp³-hybridized carbons (Fsp3) is 0.455. The Morgan fingerprint density at radius 2 is 1.30 bits per heavy atom. The molecule has 14 atom stereocenters. The standard InChI is InChI=1S/C44H50O25/c1-59-22-10-16(4-7-18(22)47)5-9-27(51)66-41-38(67-42-35(58)33(56)29(52)25(13-45)64-42)21(50)15-62-43(41)69-40-34(57)30(53)26(14-46)65-44(40)68-39-32(55)28-24(12-20(49)37(61-3)31(28)54)63-36(39)17-6-8-19(48)23(11-17)60-2/h4-12,21,25-26,29-30,33-35,38,40-50,52-54,56-58H,13-15H2,1-3H3/b9-5-/t21-,25-,26-,29-,30-,33+,34+,35-,38+,40-,41-,42+,43+,44+/m1/s1. The normalized spacial score (nSPS) is 30.5. The highest BCUT2D eigenvalue weighted by Crippen LogP contribution is 2.45. The molecule has 7 rings (SSSR count). The molecular weight excluding hydrogens is 928 g/mol. The van der Waals surface area contributed by atoms with E-state index in [2.05, 4.69) is 0 Å². The number of hydrogen-bond donors (Lipinski definition) is 12. The minimum atomic E-state index is -2.14. The lowest BCUT2D eigenvalue weighted by atomic mass is 9.98. The van der Waals surface area contributed by atoms with Crippen LogP contribution in [0.1, 0.15) is 5.56 Å². The highest BCUT2D eigenvalue weighted by atomic mass is 16.8. The summed E-state index contributed by atoms with van der Waals surface area (Å²) in [6.45, 7) is -2.56. The zero-order valence-corrected chi connectivity index (χ0v) is 36.6. The van der Waals surface area contributed by atoms with E-state index >= 15 is 0 Å². The van der Waals surface area contributed by atoms with Crippen LogP contribution in [0.2, 0.25) is 0 Å². The molecule has 3 aromatic carbocycles. The van der Waals surface area contributed by atoms with Gasteiger partial charge in [-0.2, -0.15) is 0 Å². The number of fused-ring (bicyclic) bond motifs is 1. The van der Waals surface area contributed by atoms with Gasteiger partial charge in [0.1, 0.15) is 65.9 Å². The maximum atomic E-state index is 14.5. The van der Waals surface area contributed by atoms with E-state index in [-0.39, 0.29) is 28.6 Å². The summed E-state index contributed by atoms with van der Waals surface area (Å²) < 4.78 is 62.5. The molecule has 376 valence electrons. The Kier molecular flexibility index (Phi) is 15.7. The molecule has 3 aliphatic heterocycles. The highest BCUT2D eigenvalue weighted by molar-refractivity contribution is 5.91. The van der Waals surface area contributed by atoms with E-state index in [1.807, 2.05) is 0 Å². The second-order valence-corrected chi connectivity index (χ2v) is 15.8. The second kappa shape index (κ2) is 21.3. The van der Waals surface area contributed by atoms with Crippen LogP contribution in [0, 0.1) is 0 Å². The van der Waals surface area contributed by atoms with Crippen molar-refractivity contribution in [2.75, 3.05) is 41.2 Å². The van der Waals surface area contributed by atoms with Gasteiger partial charge in [0.25, 0.3) is 0 Å². The van der Waals surface area contributed by atoms with E-state index in [0.29, 0.717) is 5.56 Å². The van der Waals surface area contributed by atoms with Gasteiger partial charge in [-0.1, -0.05) is 6.07 Å². The monoisotopic (exact) mass is 978 g/mol. The maximum Gasteiger partial charge on any atom is 0.331 e. The van der Waals surface area contributed by atoms with E-state index in [9.17, 15) is 70.9 Å². The van der Waals surface area contributed by atoms with Crippen molar-refractivity contribution in [2.45, 2.75) is 86.0 Å². The minimum Gasteiger partial charge on any atom is -0.504 e. The first kappa shape index (κ1) is 50.8. The molecule has 4 heterocycles. The highest BCUT2D eigenvalue weighted by Gasteiger charge is 2.54. The number of phenolic OH excluding ortho intramolecular Hbond substituents is 4. The number of hydrogen-bond acceptors (Lipinski definition) is 25. The van der Waals surface area contributed by atoms with Crippen molar-refractivity contribution < 1.29 is 118 Å². The van der Waals surface area contributed by atoms with Gasteiger partial charge in [-0.3, -0.25) is 4.79 Å². The van der Waals surface area contributed by atoms with Crippen molar-refractivity contribution in [3.05, 3.63) is 64.3 Å². The van der Waals surface area contributed by atoms with Gasteiger partial charge in [0.05, 0.1) is 41.2 Å². The quantitative estimate of drug-likeness (QED) is 0.0454. The lowest BCUT2D eigenvalue weighted by molar-refractivity contribution is -0.369. The average Bonchev–Trinajstić information content (AvgIpc) is 3.33. The van der Waals surface area contributed by atoms with Crippen LogP contribution in [0.15, 0.2) is 57.8 Å². The number of esters is 1. The Balaban J connectivity index is 1.30. The molecular formula is C44H50O25. The minimum absolute atomic E-state index is 0.0235. The number of rotatable bonds is 15. The van der Waals surface area contributed by atoms with Crippen molar-refractivity contribution in [2.24, 2.45) is 0 Å². The molecule has 3 saturated heterocycles. The third kappa shape index (κ3) is 10.2. The first-order chi connectivity index (χ1) is 32.9. The molecule has 69 heavy (non-hydrogen) atoms. The zero-order chi connectivity index (χ0) is 50.0. The number of aromatic hydroxyl groups is 4. The number of benzene rings is 3. The van der Waals surface area contributed by atoms with E-state index in [0.717, 1.165) is 19.3 Å². The zero-order valence-electron chi connectivity index (χ0n) is 36.6. The SMILES string of the molecule is COc1cc(/C=C\C(=O)O[C@H]2[C@H](O[C@H]3[C@H](Oc4c(-c5ccc(O)c(OC)c5)oc5cc(O)c(OC)c(O)c5c4=O)O[C@H](CO)[C@@H](O)[C@@H]3O)OC[C@@H](O)[C@@H]2O[C@@H]2O[C@H](CO)[C@@H](O)[C@H](O)[C@H]2O)ccc1O. The van der Waals surface area contributed by atoms with Crippen LogP contribution in [-0.2, 0) is 33.2 Å². The molecule has 25 heteroatoms. The van der Waals surface area contributed by atoms with Gasteiger partial charge >= 0.3 is 5.97 Å². The average molecular weight is 979 g/mol. The van der Waals surface area contributed by atoms with Gasteiger partial charge in [-0.25, -0.2) is 4.79 Å². The summed E-state index contributed by atoms with van der Waals surface area (Å²) in [4.78, 5) is 28.2. The van der Waals surface area contributed by atoms with Gasteiger partial charge in [0.2, 0.25) is 23.2 Å². The molecule has 25 nitrogen and oxygen atoms in total. The Labute approximate surface area is 389 Å². The predicted octanol–water partition coefficient (Wildman–Crippen LogP) is -1.96. The lowest BCUT2D eigenvalue weighted by Crippen LogP contribution is -2.66. The molecule has 0 aliphatic carbocycles. The van der Waals surface area contributed by atoms with E-state index < -0.39 is 157 Å².